The highest BCUT2D eigenvalue weighted by molar-refractivity contribution is 9.09. The molecular weight excluding hydrogens is 242 g/mol. The first-order chi connectivity index (χ1) is 3.68. The molecule has 0 heterocycles. The maximum absolute atomic E-state index is 9.53. The first-order valence-corrected chi connectivity index (χ1v) is 3.44. The largest absolute Gasteiger partial charge is 0.280 e. The van der Waals surface area contributed by atoms with Gasteiger partial charge in [-0.05, 0) is 11.6 Å². The van der Waals surface area contributed by atoms with Crippen LogP contribution in [0.25, 0.3) is 0 Å². The number of hydrogen-bond acceptors (Lipinski definition) is 2. The highest BCUT2D eigenvalue weighted by Crippen LogP contribution is 1.83. The molecule has 0 aromatic carbocycles. The molecule has 0 rings (SSSR count). The molecular formula is C2H2BrCl3O2. The van der Waals surface area contributed by atoms with Crippen LogP contribution in [0.2, 0.25) is 0 Å². The summed E-state index contributed by atoms with van der Waals surface area (Å²) >= 11 is 16.1. The molecule has 0 aliphatic carbocycles. The molecule has 0 saturated heterocycles. The minimum Gasteiger partial charge on any atom is -0.280 e. The van der Waals surface area contributed by atoms with Crippen LogP contribution in [0.3, 0.4) is 0 Å². The van der Waals surface area contributed by atoms with Gasteiger partial charge in [-0.25, -0.2) is 0 Å². The van der Waals surface area contributed by atoms with Gasteiger partial charge in [0.05, 0.1) is 29.1 Å². The van der Waals surface area contributed by atoms with Crippen LogP contribution < -0.4 is 0 Å². The van der Waals surface area contributed by atoms with E-state index in [-0.39, 0.29) is 10.6 Å². The van der Waals surface area contributed by atoms with Crippen LogP contribution in [0, 0.1) is 0 Å². The first-order valence-electron chi connectivity index (χ1n) is 1.32. The Morgan fingerprint density at radius 2 is 1.75 bits per heavy atom. The Morgan fingerprint density at radius 1 is 1.62 bits per heavy atom. The number of halogens is 4. The van der Waals surface area contributed by atoms with Gasteiger partial charge >= 0.3 is 0 Å². The number of hydrogen-bond donors (Lipinski definition) is 0. The second-order valence-corrected chi connectivity index (χ2v) is 2.00. The van der Waals surface area contributed by atoms with Crippen molar-refractivity contribution in [2.75, 3.05) is 5.33 Å². The van der Waals surface area contributed by atoms with Crippen LogP contribution in [0.15, 0.2) is 0 Å². The summed E-state index contributed by atoms with van der Waals surface area (Å²) in [4.78, 5) is 9.53. The molecule has 6 heteroatoms. The average molecular weight is 244 g/mol. The van der Waals surface area contributed by atoms with E-state index in [4.69, 9.17) is 11.6 Å². The van der Waals surface area contributed by atoms with Crippen LogP contribution in [0.5, 0.6) is 0 Å². The Morgan fingerprint density at radius 3 is 1.75 bits per heavy atom. The van der Waals surface area contributed by atoms with Crippen molar-refractivity contribution in [1.29, 1.82) is 0 Å². The zero-order valence-electron chi connectivity index (χ0n) is 3.54. The van der Waals surface area contributed by atoms with Crippen molar-refractivity contribution in [2.24, 2.45) is 0 Å². The molecule has 0 radical (unpaired) electrons. The molecule has 50 valence electrons. The Kier molecular flexibility index (Phi) is 16.0. The van der Waals surface area contributed by atoms with E-state index in [0.29, 0.717) is 0 Å². The third kappa shape index (κ3) is 28.1. The van der Waals surface area contributed by atoms with Crippen molar-refractivity contribution in [3.05, 3.63) is 0 Å². The van der Waals surface area contributed by atoms with E-state index in [2.05, 4.69) is 43.5 Å². The van der Waals surface area contributed by atoms with E-state index in [9.17, 15) is 4.79 Å². The summed E-state index contributed by atoms with van der Waals surface area (Å²) in [5.74, 6) is 0. The molecule has 0 saturated carbocycles. The minimum atomic E-state index is -0.356. The van der Waals surface area contributed by atoms with Gasteiger partial charge in [0.25, 0.3) is 0 Å². The predicted molar refractivity (Wildman–Crippen MR) is 37.4 cm³/mol. The third-order valence-corrected chi connectivity index (χ3v) is 1.07. The van der Waals surface area contributed by atoms with Gasteiger partial charge in [-0.15, -0.1) is 0 Å². The topological polar surface area (TPSA) is 26.3 Å². The van der Waals surface area contributed by atoms with E-state index in [0.717, 1.165) is 0 Å². The van der Waals surface area contributed by atoms with Crippen LogP contribution in [0.4, 0.5) is 0 Å². The first kappa shape index (κ1) is 11.7. The lowest BCUT2D eigenvalue weighted by molar-refractivity contribution is -0.109. The molecule has 0 N–H and O–H groups in total. The fourth-order valence-corrected chi connectivity index (χ4v) is 0. The van der Waals surface area contributed by atoms with Crippen molar-refractivity contribution < 1.29 is 8.64 Å². The van der Waals surface area contributed by atoms with Crippen molar-refractivity contribution in [3.63, 3.8) is 0 Å². The van der Waals surface area contributed by atoms with E-state index in [1.165, 1.54) is 0 Å². The number of rotatable bonds is 1. The van der Waals surface area contributed by atoms with Gasteiger partial charge in [0.15, 0.2) is 0 Å². The summed E-state index contributed by atoms with van der Waals surface area (Å²) in [6.45, 7) is 0. The minimum absolute atomic E-state index is 0.245. The zero-order valence-corrected chi connectivity index (χ0v) is 7.39. The fraction of sp³-hybridized carbons (Fsp3) is 0.500. The van der Waals surface area contributed by atoms with Gasteiger partial charge in [-0.3, -0.25) is 4.79 Å². The molecule has 0 bridgehead atoms. The van der Waals surface area contributed by atoms with Crippen molar-refractivity contribution in [2.45, 2.75) is 0 Å². The molecule has 0 fully saturated rings. The Balaban J connectivity index is 0. The maximum Gasteiger partial charge on any atom is 0.232 e. The fourth-order valence-electron chi connectivity index (χ4n) is 0. The molecule has 0 aromatic rings. The molecule has 0 aromatic heterocycles. The molecule has 0 atom stereocenters. The van der Waals surface area contributed by atoms with Gasteiger partial charge in [0.1, 0.15) is 0 Å². The van der Waals surface area contributed by atoms with Gasteiger partial charge in [0.2, 0.25) is 5.24 Å². The monoisotopic (exact) mass is 242 g/mol. The van der Waals surface area contributed by atoms with Crippen molar-refractivity contribution >= 4 is 56.5 Å². The lowest BCUT2D eigenvalue weighted by Crippen LogP contribution is -1.80. The van der Waals surface area contributed by atoms with Gasteiger partial charge in [-0.1, -0.05) is 15.9 Å². The lowest BCUT2D eigenvalue weighted by atomic mass is 10.9. The number of alkyl halides is 1. The summed E-state index contributed by atoms with van der Waals surface area (Å²) < 4.78 is 3.19. The molecule has 0 aliphatic heterocycles. The lowest BCUT2D eigenvalue weighted by Gasteiger charge is -1.66. The van der Waals surface area contributed by atoms with E-state index >= 15 is 0 Å². The predicted octanol–water partition coefficient (Wildman–Crippen LogP) is 2.46. The Bertz CT molecular complexity index is 59.2. The summed E-state index contributed by atoms with van der Waals surface area (Å²) in [6, 6.07) is 0. The molecule has 8 heavy (non-hydrogen) atoms. The van der Waals surface area contributed by atoms with Crippen LogP contribution in [-0.2, 0) is 8.64 Å². The second-order valence-electron chi connectivity index (χ2n) is 0.547. The second kappa shape index (κ2) is 10.9. The highest BCUT2D eigenvalue weighted by atomic mass is 79.9. The van der Waals surface area contributed by atoms with Crippen LogP contribution in [0.1, 0.15) is 0 Å². The van der Waals surface area contributed by atoms with E-state index in [1.54, 1.807) is 0 Å². The van der Waals surface area contributed by atoms with Gasteiger partial charge in [0, 0.05) is 0 Å². The SMILES string of the molecule is ClOCl.O=C(Cl)CBr. The quantitative estimate of drug-likeness (QED) is 0.523. The number of carbonyl (C=O) groups excluding carboxylic acids is 1. The van der Waals surface area contributed by atoms with Crippen molar-refractivity contribution in [3.8, 4) is 0 Å². The van der Waals surface area contributed by atoms with Crippen molar-refractivity contribution in [1.82, 2.24) is 0 Å². The van der Waals surface area contributed by atoms with Crippen LogP contribution >= 0.6 is 51.3 Å². The van der Waals surface area contributed by atoms with E-state index < -0.39 is 0 Å². The summed E-state index contributed by atoms with van der Waals surface area (Å²) in [5, 5.41) is -0.112. The molecule has 0 aliphatic rings. The molecule has 0 spiro atoms. The standard InChI is InChI=1S/C2H2BrClO.Cl2O/c3-1-2(4)5;1-3-2/h1H2;. The van der Waals surface area contributed by atoms with Gasteiger partial charge < -0.3 is 0 Å². The Labute approximate surface area is 70.5 Å². The van der Waals surface area contributed by atoms with Gasteiger partial charge in [-0.2, -0.15) is 3.84 Å². The molecule has 2 nitrogen and oxygen atoms in total. The summed E-state index contributed by atoms with van der Waals surface area (Å²) in [7, 11) is 0. The summed E-state index contributed by atoms with van der Waals surface area (Å²) in [6.07, 6.45) is 0. The summed E-state index contributed by atoms with van der Waals surface area (Å²) in [5.41, 5.74) is 0. The molecule has 0 unspecified atom stereocenters. The number of carbonyl (C=O) groups is 1. The van der Waals surface area contributed by atoms with Crippen LogP contribution in [-0.4, -0.2) is 10.6 Å². The molecule has 0 amide bonds. The zero-order chi connectivity index (χ0) is 6.99. The highest BCUT2D eigenvalue weighted by Gasteiger charge is 1.83. The third-order valence-electron chi connectivity index (χ3n) is 0.105. The average Bonchev–Trinajstić information content (AvgIpc) is 1.69. The smallest absolute Gasteiger partial charge is 0.232 e. The maximum atomic E-state index is 9.53. The normalized spacial score (nSPS) is 7.00. The van der Waals surface area contributed by atoms with E-state index in [1.807, 2.05) is 0 Å². The Hall–Kier alpha value is 0.980.